The summed E-state index contributed by atoms with van der Waals surface area (Å²) in [5, 5.41) is 0. The lowest BCUT2D eigenvalue weighted by Crippen LogP contribution is -0.910. The molecule has 0 heterocycles. The van der Waals surface area contributed by atoms with Crippen LogP contribution in [0.4, 0.5) is 0 Å². The van der Waals surface area contributed by atoms with Crippen molar-refractivity contribution in [2.75, 3.05) is 0 Å². The lowest BCUT2D eigenvalue weighted by Gasteiger charge is -1.13. The zero-order valence-corrected chi connectivity index (χ0v) is 3.97. The molecule has 0 aromatic rings. The van der Waals surface area contributed by atoms with Gasteiger partial charge >= 0.3 is 0 Å². The molecule has 0 radical (unpaired) electrons. The monoisotopic (exact) mass is 94.1 g/mol. The highest BCUT2D eigenvalue weighted by Crippen LogP contribution is 0.515. The minimum atomic E-state index is 0. The molecule has 4 heteroatoms. The molecular weight excluding hydrogens is 84.0 g/mol. The molecule has 0 aliphatic carbocycles. The van der Waals surface area contributed by atoms with Crippen LogP contribution in [0.5, 0.6) is 0 Å². The van der Waals surface area contributed by atoms with Crippen LogP contribution in [0, 0.1) is 0 Å². The summed E-state index contributed by atoms with van der Waals surface area (Å²) in [7, 11) is 0. The Morgan fingerprint density at radius 1 is 0.667 bits per heavy atom. The van der Waals surface area contributed by atoms with E-state index in [9.17, 15) is 0 Å². The van der Waals surface area contributed by atoms with E-state index in [1.54, 1.807) is 0 Å². The van der Waals surface area contributed by atoms with Gasteiger partial charge < -0.3 is 21.9 Å². The maximum absolute atomic E-state index is 7.75. The third-order valence-corrected chi connectivity index (χ3v) is 0. The highest BCUT2D eigenvalue weighted by atomic mass is 16.1. The first kappa shape index (κ1) is 60.1. The largest absolute Gasteiger partial charge is 0.545 e. The highest BCUT2D eigenvalue weighted by Gasteiger charge is 0.308. The Bertz CT molecular complexity index is 11.5. The quantitative estimate of drug-likeness (QED) is 0.330. The molecule has 0 rings (SSSR count). The van der Waals surface area contributed by atoms with Crippen molar-refractivity contribution in [3.05, 3.63) is 0 Å². The first-order chi connectivity index (χ1) is 2.00. The van der Waals surface area contributed by atoms with E-state index < -0.39 is 0 Å². The average Bonchev–Trinajstić information content (AvgIpc) is 1.50. The number of carbonyl (C=O) groups excluding carboxylic acids is 2. The van der Waals surface area contributed by atoms with Gasteiger partial charge in [-0.25, -0.2) is 0 Å². The lowest BCUT2D eigenvalue weighted by atomic mass is 11.9. The van der Waals surface area contributed by atoms with Crippen molar-refractivity contribution in [3.63, 3.8) is 0 Å². The fourth-order valence-electron chi connectivity index (χ4n) is 0. The average molecular weight is 94.1 g/mol. The third kappa shape index (κ3) is 30.4. The molecule has 0 bridgehead atoms. The first-order valence-corrected chi connectivity index (χ1v) is 0.471. The van der Waals surface area contributed by atoms with Gasteiger partial charge in [0.05, 0.1) is 0 Å². The van der Waals surface area contributed by atoms with Gasteiger partial charge in [-0.1, -0.05) is 0 Å². The third-order valence-electron chi connectivity index (χ3n) is 0. The molecule has 0 saturated heterocycles. The fourth-order valence-corrected chi connectivity index (χ4v) is 0. The number of rotatable bonds is 0. The zero-order chi connectivity index (χ0) is 4.00. The van der Waals surface area contributed by atoms with E-state index in [4.69, 9.17) is 9.59 Å². The Kier molecular flexibility index (Phi) is 829. The van der Waals surface area contributed by atoms with Gasteiger partial charge in [-0.2, -0.15) is 0 Å². The number of hydrogen-bond donors (Lipinski definition) is 2. The molecule has 4 nitrogen and oxygen atoms in total. The molecule has 0 aliphatic heterocycles. The molecule has 0 aromatic carbocycles. The van der Waals surface area contributed by atoms with Gasteiger partial charge in [0.25, 0.3) is 0 Å². The molecule has 0 unspecified atom stereocenters. The Hall–Kier alpha value is -0.740. The summed E-state index contributed by atoms with van der Waals surface area (Å²) in [6.07, 6.45) is 0. The van der Waals surface area contributed by atoms with Gasteiger partial charge in [-0.3, -0.25) is 13.6 Å². The van der Waals surface area contributed by atoms with Crippen molar-refractivity contribution in [2.24, 2.45) is 0 Å². The molecule has 0 atom stereocenters. The van der Waals surface area contributed by atoms with Gasteiger partial charge in [0.15, 0.2) is 0 Å². The predicted molar refractivity (Wildman–Crippen MR) is 25.5 cm³/mol. The topological polar surface area (TPSA) is 107 Å². The highest BCUT2D eigenvalue weighted by molar-refractivity contribution is 5.12. The van der Waals surface area contributed by atoms with Crippen LogP contribution in [0.15, 0.2) is 0 Å². The van der Waals surface area contributed by atoms with Crippen LogP contribution >= 0.6 is 0 Å². The second-order valence-corrected chi connectivity index (χ2v) is 0. The van der Waals surface area contributed by atoms with E-state index in [-0.39, 0.29) is 12.3 Å². The molecular formula is C2H10N2O2. The fraction of sp³-hybridized carbons (Fsp3) is 0. The summed E-state index contributed by atoms with van der Waals surface area (Å²) in [6, 6.07) is 0. The molecule has 0 spiro atoms. The lowest BCUT2D eigenvalue weighted by molar-refractivity contribution is 0.573. The van der Waals surface area contributed by atoms with Crippen LogP contribution in [0.3, 0.4) is 0 Å². The van der Waals surface area contributed by atoms with Crippen molar-refractivity contribution in [1.29, 1.82) is 0 Å². The summed E-state index contributed by atoms with van der Waals surface area (Å²) in [4.78, 5) is 15.5. The molecule has 6 heavy (non-hydrogen) atoms. The molecule has 0 fully saturated rings. The van der Waals surface area contributed by atoms with E-state index >= 15 is 0 Å². The van der Waals surface area contributed by atoms with Crippen molar-refractivity contribution in [1.82, 2.24) is 12.3 Å². The molecule has 40 valence electrons. The van der Waals surface area contributed by atoms with Crippen LogP contribution in [-0.2, 0) is 9.59 Å². The van der Waals surface area contributed by atoms with Crippen LogP contribution in [0.2, 0.25) is 0 Å². The Balaban J connectivity index is -0.00000000500. The Labute approximate surface area is 36.7 Å². The van der Waals surface area contributed by atoms with Gasteiger partial charge in [-0.15, -0.1) is 0 Å². The normalized spacial score (nSPS) is 1.33. The van der Waals surface area contributed by atoms with Crippen LogP contribution in [-0.4, -0.2) is 13.6 Å². The second kappa shape index (κ2) is 82.7. The Morgan fingerprint density at radius 2 is 0.667 bits per heavy atom. The Morgan fingerprint density at radius 3 is 0.667 bits per heavy atom. The minimum absolute atomic E-state index is 0. The van der Waals surface area contributed by atoms with Crippen molar-refractivity contribution < 1.29 is 9.59 Å². The van der Waals surface area contributed by atoms with Crippen molar-refractivity contribution in [2.45, 2.75) is 0 Å². The van der Waals surface area contributed by atoms with Crippen LogP contribution < -0.4 is 12.3 Å². The molecule has 8 N–H and O–H groups in total. The predicted octanol–water partition coefficient (Wildman–Crippen LogP) is 0.204. The maximum atomic E-state index is 7.75. The second-order valence-electron chi connectivity index (χ2n) is 0. The minimum Gasteiger partial charge on any atom is -0.545 e. The zero-order valence-electron chi connectivity index (χ0n) is 3.97. The number of quaternary nitrogens is 2. The molecule has 0 aromatic heterocycles. The smallest absolute Gasteiger partial charge is 0.282 e. The molecule has 0 saturated carbocycles. The molecule has 0 aliphatic rings. The molecule has 0 amide bonds. The summed E-state index contributed by atoms with van der Waals surface area (Å²) in [5.41, 5.74) is 0. The van der Waals surface area contributed by atoms with E-state index in [0.717, 1.165) is 0 Å². The first-order valence-electron chi connectivity index (χ1n) is 0.471. The summed E-state index contributed by atoms with van der Waals surface area (Å²) >= 11 is 0. The maximum Gasteiger partial charge on any atom is -0.282 e. The van der Waals surface area contributed by atoms with E-state index in [0.29, 0.717) is 0 Å². The van der Waals surface area contributed by atoms with E-state index in [1.807, 2.05) is 0 Å². The van der Waals surface area contributed by atoms with Gasteiger partial charge in [0.2, 0.25) is 0 Å². The SMILES string of the molecule is [CH-]=O.[CH-]=O.[NH4+].[NH4+]. The van der Waals surface area contributed by atoms with Crippen molar-refractivity contribution >= 4 is 13.6 Å². The van der Waals surface area contributed by atoms with E-state index in [2.05, 4.69) is 13.6 Å². The van der Waals surface area contributed by atoms with Gasteiger partial charge in [0, 0.05) is 0 Å². The standard InChI is InChI=1S/2CHO.2H3N/c2*1-2;;/h2*1H;2*1H3/q2*-1;;/p+2. The van der Waals surface area contributed by atoms with Gasteiger partial charge in [0.1, 0.15) is 0 Å². The van der Waals surface area contributed by atoms with E-state index in [1.165, 1.54) is 0 Å². The van der Waals surface area contributed by atoms with Crippen LogP contribution in [0.25, 0.3) is 0 Å². The summed E-state index contributed by atoms with van der Waals surface area (Å²) in [5.74, 6) is 0. The van der Waals surface area contributed by atoms with Crippen LogP contribution in [0.1, 0.15) is 0 Å². The summed E-state index contributed by atoms with van der Waals surface area (Å²) < 4.78 is 0. The summed E-state index contributed by atoms with van der Waals surface area (Å²) in [6.45, 7) is 6.50. The number of hydrogen-bond acceptors (Lipinski definition) is 2. The van der Waals surface area contributed by atoms with Gasteiger partial charge in [-0.05, 0) is 0 Å². The van der Waals surface area contributed by atoms with Crippen molar-refractivity contribution in [3.8, 4) is 0 Å².